The molecule has 2 rings (SSSR count). The Morgan fingerprint density at radius 2 is 2.13 bits per heavy atom. The fraction of sp³-hybridized carbons (Fsp3) is 0.692. The van der Waals surface area contributed by atoms with E-state index < -0.39 is 0 Å². The topological polar surface area (TPSA) is 12.0 Å². The molecule has 1 nitrogen and oxygen atoms in total. The summed E-state index contributed by atoms with van der Waals surface area (Å²) in [5, 5.41) is 3.62. The molecule has 1 aliphatic carbocycles. The van der Waals surface area contributed by atoms with Gasteiger partial charge in [0, 0.05) is 22.8 Å². The van der Waals surface area contributed by atoms with Crippen molar-refractivity contribution in [2.45, 2.75) is 46.6 Å². The summed E-state index contributed by atoms with van der Waals surface area (Å²) in [5.74, 6) is 0. The van der Waals surface area contributed by atoms with Crippen LogP contribution in [0.1, 0.15) is 41.5 Å². The molecular formula is C13H21NS. The molecule has 0 amide bonds. The lowest BCUT2D eigenvalue weighted by molar-refractivity contribution is 0.443. The monoisotopic (exact) mass is 223 g/mol. The van der Waals surface area contributed by atoms with E-state index in [1.54, 1.807) is 0 Å². The van der Waals surface area contributed by atoms with Crippen LogP contribution < -0.4 is 5.32 Å². The molecule has 0 spiro atoms. The van der Waals surface area contributed by atoms with E-state index in [1.807, 2.05) is 11.3 Å². The number of aryl methyl sites for hydroxylation is 2. The van der Waals surface area contributed by atoms with Crippen molar-refractivity contribution in [2.24, 2.45) is 5.41 Å². The molecule has 1 saturated carbocycles. The third kappa shape index (κ3) is 2.61. The second kappa shape index (κ2) is 4.26. The first-order chi connectivity index (χ1) is 7.15. The van der Waals surface area contributed by atoms with Crippen molar-refractivity contribution < 1.29 is 0 Å². The number of rotatable bonds is 5. The zero-order valence-electron chi connectivity index (χ0n) is 10.0. The zero-order chi connectivity index (χ0) is 10.9. The van der Waals surface area contributed by atoms with Gasteiger partial charge in [-0.05, 0) is 50.2 Å². The van der Waals surface area contributed by atoms with E-state index in [4.69, 9.17) is 0 Å². The molecule has 1 heterocycles. The van der Waals surface area contributed by atoms with Crippen LogP contribution in [0.2, 0.25) is 0 Å². The van der Waals surface area contributed by atoms with E-state index in [-0.39, 0.29) is 0 Å². The van der Waals surface area contributed by atoms with Crippen molar-refractivity contribution >= 4 is 11.3 Å². The second-order valence-electron chi connectivity index (χ2n) is 4.90. The number of hydrogen-bond donors (Lipinski definition) is 1. The van der Waals surface area contributed by atoms with Gasteiger partial charge in [-0.25, -0.2) is 0 Å². The molecule has 2 heteroatoms. The fourth-order valence-corrected chi connectivity index (χ4v) is 3.10. The highest BCUT2D eigenvalue weighted by Crippen LogP contribution is 2.47. The van der Waals surface area contributed by atoms with Crippen molar-refractivity contribution in [1.29, 1.82) is 0 Å². The zero-order valence-corrected chi connectivity index (χ0v) is 10.8. The third-order valence-electron chi connectivity index (χ3n) is 3.67. The summed E-state index contributed by atoms with van der Waals surface area (Å²) >= 11 is 1.91. The Labute approximate surface area is 96.9 Å². The molecule has 84 valence electrons. The van der Waals surface area contributed by atoms with Crippen molar-refractivity contribution in [3.8, 4) is 0 Å². The van der Waals surface area contributed by atoms with Gasteiger partial charge in [0.25, 0.3) is 0 Å². The highest BCUT2D eigenvalue weighted by molar-refractivity contribution is 7.12. The van der Waals surface area contributed by atoms with E-state index in [0.29, 0.717) is 5.41 Å². The summed E-state index contributed by atoms with van der Waals surface area (Å²) < 4.78 is 0. The van der Waals surface area contributed by atoms with E-state index in [1.165, 1.54) is 41.1 Å². The molecule has 0 radical (unpaired) electrons. The lowest BCUT2D eigenvalue weighted by Gasteiger charge is -2.13. The second-order valence-corrected chi connectivity index (χ2v) is 6.36. The number of hydrogen-bond acceptors (Lipinski definition) is 2. The first-order valence-electron chi connectivity index (χ1n) is 5.92. The SMILES string of the molecule is CCC1(CNCc2cc(C)sc2C)CC1. The fourth-order valence-electron chi connectivity index (χ4n) is 2.15. The van der Waals surface area contributed by atoms with E-state index >= 15 is 0 Å². The molecule has 1 aliphatic rings. The van der Waals surface area contributed by atoms with Crippen LogP contribution in [0.25, 0.3) is 0 Å². The molecule has 0 atom stereocenters. The molecule has 1 aromatic rings. The van der Waals surface area contributed by atoms with Crippen molar-refractivity contribution in [3.05, 3.63) is 21.4 Å². The van der Waals surface area contributed by atoms with Gasteiger partial charge in [0.2, 0.25) is 0 Å². The van der Waals surface area contributed by atoms with Crippen molar-refractivity contribution in [3.63, 3.8) is 0 Å². The van der Waals surface area contributed by atoms with Crippen LogP contribution in [0, 0.1) is 19.3 Å². The Hall–Kier alpha value is -0.340. The van der Waals surface area contributed by atoms with E-state index in [0.717, 1.165) is 6.54 Å². The number of thiophene rings is 1. The average Bonchev–Trinajstić information content (AvgIpc) is 2.90. The average molecular weight is 223 g/mol. The van der Waals surface area contributed by atoms with Crippen LogP contribution in [0.4, 0.5) is 0 Å². The molecule has 0 aromatic carbocycles. The normalized spacial score (nSPS) is 18.1. The molecular weight excluding hydrogens is 202 g/mol. The minimum absolute atomic E-state index is 0.666. The predicted molar refractivity (Wildman–Crippen MR) is 67.5 cm³/mol. The van der Waals surface area contributed by atoms with Gasteiger partial charge in [0.05, 0.1) is 0 Å². The maximum absolute atomic E-state index is 3.62. The van der Waals surface area contributed by atoms with Gasteiger partial charge in [-0.2, -0.15) is 0 Å². The van der Waals surface area contributed by atoms with E-state index in [9.17, 15) is 0 Å². The Bertz CT molecular complexity index is 336. The highest BCUT2D eigenvalue weighted by Gasteiger charge is 2.39. The molecule has 15 heavy (non-hydrogen) atoms. The largest absolute Gasteiger partial charge is 0.312 e. The Kier molecular flexibility index (Phi) is 3.17. The summed E-state index contributed by atoms with van der Waals surface area (Å²) in [4.78, 5) is 2.90. The number of nitrogens with one attached hydrogen (secondary N) is 1. The highest BCUT2D eigenvalue weighted by atomic mass is 32.1. The quantitative estimate of drug-likeness (QED) is 0.803. The van der Waals surface area contributed by atoms with Crippen LogP contribution >= 0.6 is 11.3 Å². The minimum atomic E-state index is 0.666. The van der Waals surface area contributed by atoms with Crippen LogP contribution in [0.3, 0.4) is 0 Å². The van der Waals surface area contributed by atoms with Gasteiger partial charge in [-0.3, -0.25) is 0 Å². The Morgan fingerprint density at radius 3 is 2.60 bits per heavy atom. The van der Waals surface area contributed by atoms with Gasteiger partial charge in [-0.15, -0.1) is 11.3 Å². The third-order valence-corrected chi connectivity index (χ3v) is 4.67. The lowest BCUT2D eigenvalue weighted by Crippen LogP contribution is -2.23. The molecule has 0 unspecified atom stereocenters. The van der Waals surface area contributed by atoms with Gasteiger partial charge in [0.1, 0.15) is 0 Å². The van der Waals surface area contributed by atoms with Crippen molar-refractivity contribution in [2.75, 3.05) is 6.54 Å². The predicted octanol–water partition coefficient (Wildman–Crippen LogP) is 3.64. The van der Waals surface area contributed by atoms with Gasteiger partial charge in [-0.1, -0.05) is 6.92 Å². The summed E-state index contributed by atoms with van der Waals surface area (Å²) in [6.45, 7) is 8.99. The maximum Gasteiger partial charge on any atom is 0.0216 e. The van der Waals surface area contributed by atoms with Gasteiger partial charge < -0.3 is 5.32 Å². The van der Waals surface area contributed by atoms with Crippen LogP contribution in [0.15, 0.2) is 6.07 Å². The lowest BCUT2D eigenvalue weighted by atomic mass is 10.0. The van der Waals surface area contributed by atoms with Crippen LogP contribution in [0.5, 0.6) is 0 Å². The summed E-state index contributed by atoms with van der Waals surface area (Å²) in [6.07, 6.45) is 4.19. The van der Waals surface area contributed by atoms with Gasteiger partial charge >= 0.3 is 0 Å². The van der Waals surface area contributed by atoms with Crippen molar-refractivity contribution in [1.82, 2.24) is 5.32 Å². The molecule has 1 N–H and O–H groups in total. The first kappa shape index (κ1) is 11.2. The van der Waals surface area contributed by atoms with E-state index in [2.05, 4.69) is 32.2 Å². The molecule has 1 fully saturated rings. The molecule has 0 saturated heterocycles. The van der Waals surface area contributed by atoms with Crippen LogP contribution in [-0.4, -0.2) is 6.54 Å². The molecule has 1 aromatic heterocycles. The molecule has 0 aliphatic heterocycles. The maximum atomic E-state index is 3.62. The minimum Gasteiger partial charge on any atom is -0.312 e. The summed E-state index contributed by atoms with van der Waals surface area (Å²) in [5.41, 5.74) is 2.16. The van der Waals surface area contributed by atoms with Gasteiger partial charge in [0.15, 0.2) is 0 Å². The Morgan fingerprint density at radius 1 is 1.40 bits per heavy atom. The summed E-state index contributed by atoms with van der Waals surface area (Å²) in [7, 11) is 0. The standard InChI is InChI=1S/C13H21NS/c1-4-13(5-6-13)9-14-8-12-7-10(2)15-11(12)3/h7,14H,4-6,8-9H2,1-3H3. The Balaban J connectivity index is 1.81. The molecule has 0 bridgehead atoms. The van der Waals surface area contributed by atoms with Crippen LogP contribution in [-0.2, 0) is 6.54 Å². The first-order valence-corrected chi connectivity index (χ1v) is 6.73. The smallest absolute Gasteiger partial charge is 0.0216 e. The summed E-state index contributed by atoms with van der Waals surface area (Å²) in [6, 6.07) is 2.32.